The zero-order chi connectivity index (χ0) is 17.9. The number of furan rings is 1. The Labute approximate surface area is 154 Å². The number of amides is 2. The molecule has 2 aromatic heterocycles. The summed E-state index contributed by atoms with van der Waals surface area (Å²) in [5.41, 5.74) is 1.05. The van der Waals surface area contributed by atoms with Crippen molar-refractivity contribution in [2.75, 3.05) is 19.6 Å². The number of hydrogen-bond acceptors (Lipinski definition) is 5. The van der Waals surface area contributed by atoms with Crippen molar-refractivity contribution in [1.82, 2.24) is 15.2 Å². The van der Waals surface area contributed by atoms with E-state index in [1.54, 1.807) is 23.5 Å². The SMILES string of the molecule is O=C(NCC(=O)N1CCC(c2nc3ccccc3s2)CC1)c1ccco1. The molecule has 1 fully saturated rings. The highest BCUT2D eigenvalue weighted by molar-refractivity contribution is 7.18. The van der Waals surface area contributed by atoms with Crippen LogP contribution in [0.15, 0.2) is 47.1 Å². The first-order valence-corrected chi connectivity index (χ1v) is 9.47. The zero-order valence-corrected chi connectivity index (χ0v) is 15.0. The van der Waals surface area contributed by atoms with E-state index < -0.39 is 0 Å². The van der Waals surface area contributed by atoms with Crippen LogP contribution < -0.4 is 5.32 Å². The first-order valence-electron chi connectivity index (χ1n) is 8.65. The van der Waals surface area contributed by atoms with E-state index in [1.165, 1.54) is 11.0 Å². The number of rotatable bonds is 4. The van der Waals surface area contributed by atoms with Gasteiger partial charge in [0.25, 0.3) is 5.91 Å². The average molecular weight is 369 g/mol. The molecule has 1 N–H and O–H groups in total. The lowest BCUT2D eigenvalue weighted by Gasteiger charge is -2.31. The molecule has 3 aromatic rings. The molecule has 0 radical (unpaired) electrons. The van der Waals surface area contributed by atoms with Gasteiger partial charge in [-0.25, -0.2) is 4.98 Å². The molecule has 0 bridgehead atoms. The molecule has 0 saturated carbocycles. The van der Waals surface area contributed by atoms with E-state index in [4.69, 9.17) is 9.40 Å². The van der Waals surface area contributed by atoms with E-state index in [9.17, 15) is 9.59 Å². The predicted molar refractivity (Wildman–Crippen MR) is 99.2 cm³/mol. The Morgan fingerprint density at radius 1 is 1.19 bits per heavy atom. The van der Waals surface area contributed by atoms with Crippen molar-refractivity contribution >= 4 is 33.4 Å². The van der Waals surface area contributed by atoms with Crippen molar-refractivity contribution in [3.8, 4) is 0 Å². The van der Waals surface area contributed by atoms with Gasteiger partial charge in [0.05, 0.1) is 28.0 Å². The van der Waals surface area contributed by atoms with Gasteiger partial charge in [0.2, 0.25) is 5.91 Å². The van der Waals surface area contributed by atoms with Gasteiger partial charge in [-0.1, -0.05) is 12.1 Å². The highest BCUT2D eigenvalue weighted by Crippen LogP contribution is 2.33. The maximum absolute atomic E-state index is 12.3. The van der Waals surface area contributed by atoms with Crippen molar-refractivity contribution in [2.45, 2.75) is 18.8 Å². The van der Waals surface area contributed by atoms with Crippen LogP contribution in [0.2, 0.25) is 0 Å². The topological polar surface area (TPSA) is 75.4 Å². The second-order valence-electron chi connectivity index (χ2n) is 6.33. The van der Waals surface area contributed by atoms with Crippen LogP contribution in [-0.4, -0.2) is 41.3 Å². The van der Waals surface area contributed by atoms with Gasteiger partial charge >= 0.3 is 0 Å². The number of nitrogens with zero attached hydrogens (tertiary/aromatic N) is 2. The molecule has 0 atom stereocenters. The third-order valence-electron chi connectivity index (χ3n) is 4.65. The highest BCUT2D eigenvalue weighted by atomic mass is 32.1. The standard InChI is InChI=1S/C19H19N3O3S/c23-17(12-20-18(24)15-5-3-11-25-15)22-9-7-13(8-10-22)19-21-14-4-1-2-6-16(14)26-19/h1-6,11,13H,7-10,12H2,(H,20,24). The Morgan fingerprint density at radius 2 is 2.00 bits per heavy atom. The Balaban J connectivity index is 1.30. The van der Waals surface area contributed by atoms with Gasteiger partial charge in [0.15, 0.2) is 5.76 Å². The molecule has 0 aliphatic carbocycles. The summed E-state index contributed by atoms with van der Waals surface area (Å²) < 4.78 is 6.23. The zero-order valence-electron chi connectivity index (χ0n) is 14.2. The summed E-state index contributed by atoms with van der Waals surface area (Å²) in [4.78, 5) is 30.7. The second kappa shape index (κ2) is 7.29. The summed E-state index contributed by atoms with van der Waals surface area (Å²) >= 11 is 1.74. The molecule has 26 heavy (non-hydrogen) atoms. The molecule has 1 saturated heterocycles. The van der Waals surface area contributed by atoms with Crippen molar-refractivity contribution in [3.63, 3.8) is 0 Å². The fourth-order valence-electron chi connectivity index (χ4n) is 3.20. The molecular formula is C19H19N3O3S. The summed E-state index contributed by atoms with van der Waals surface area (Å²) in [5.74, 6) is 0.182. The number of carbonyl (C=O) groups excluding carboxylic acids is 2. The molecule has 1 aliphatic heterocycles. The second-order valence-corrected chi connectivity index (χ2v) is 7.40. The summed E-state index contributed by atoms with van der Waals surface area (Å²) in [7, 11) is 0. The first kappa shape index (κ1) is 16.8. The first-order chi connectivity index (χ1) is 12.7. The Kier molecular flexibility index (Phi) is 4.71. The minimum Gasteiger partial charge on any atom is -0.459 e. The van der Waals surface area contributed by atoms with Crippen LogP contribution in [0.25, 0.3) is 10.2 Å². The number of likely N-dealkylation sites (tertiary alicyclic amines) is 1. The number of aromatic nitrogens is 1. The molecule has 134 valence electrons. The fourth-order valence-corrected chi connectivity index (χ4v) is 4.34. The summed E-state index contributed by atoms with van der Waals surface area (Å²) in [6.07, 6.45) is 3.24. The van der Waals surface area contributed by atoms with E-state index in [2.05, 4.69) is 11.4 Å². The summed E-state index contributed by atoms with van der Waals surface area (Å²) in [6, 6.07) is 11.4. The maximum Gasteiger partial charge on any atom is 0.287 e. The van der Waals surface area contributed by atoms with E-state index in [0.29, 0.717) is 19.0 Å². The lowest BCUT2D eigenvalue weighted by molar-refractivity contribution is -0.131. The molecule has 7 heteroatoms. The van der Waals surface area contributed by atoms with Crippen molar-refractivity contribution in [2.24, 2.45) is 0 Å². The van der Waals surface area contributed by atoms with Gasteiger partial charge in [-0.15, -0.1) is 11.3 Å². The minimum absolute atomic E-state index is 0.00859. The smallest absolute Gasteiger partial charge is 0.287 e. The molecule has 3 heterocycles. The van der Waals surface area contributed by atoms with Gasteiger partial charge < -0.3 is 14.6 Å². The van der Waals surface area contributed by atoms with Gasteiger partial charge in [0.1, 0.15) is 0 Å². The quantitative estimate of drug-likeness (QED) is 0.767. The Bertz CT molecular complexity index is 878. The van der Waals surface area contributed by atoms with Crippen LogP contribution in [0, 0.1) is 0 Å². The third-order valence-corrected chi connectivity index (χ3v) is 5.85. The minimum atomic E-state index is -0.368. The van der Waals surface area contributed by atoms with Crippen LogP contribution in [0.4, 0.5) is 0 Å². The monoisotopic (exact) mass is 369 g/mol. The normalized spacial score (nSPS) is 15.3. The van der Waals surface area contributed by atoms with Gasteiger partial charge in [0, 0.05) is 19.0 Å². The van der Waals surface area contributed by atoms with Crippen LogP contribution in [0.1, 0.15) is 34.3 Å². The maximum atomic E-state index is 12.3. The molecule has 0 unspecified atom stereocenters. The molecule has 6 nitrogen and oxygen atoms in total. The summed E-state index contributed by atoms with van der Waals surface area (Å²) in [5, 5.41) is 3.77. The van der Waals surface area contributed by atoms with Gasteiger partial charge in [-0.3, -0.25) is 9.59 Å². The van der Waals surface area contributed by atoms with Crippen LogP contribution >= 0.6 is 11.3 Å². The number of nitrogens with one attached hydrogen (secondary N) is 1. The van der Waals surface area contributed by atoms with E-state index in [-0.39, 0.29) is 24.1 Å². The fraction of sp³-hybridized carbons (Fsp3) is 0.316. The highest BCUT2D eigenvalue weighted by Gasteiger charge is 2.26. The molecule has 1 aromatic carbocycles. The van der Waals surface area contributed by atoms with Crippen molar-refractivity contribution < 1.29 is 14.0 Å². The van der Waals surface area contributed by atoms with Crippen molar-refractivity contribution in [3.05, 3.63) is 53.4 Å². The van der Waals surface area contributed by atoms with E-state index >= 15 is 0 Å². The Morgan fingerprint density at radius 3 is 2.73 bits per heavy atom. The number of thiazole rings is 1. The average Bonchev–Trinajstić information content (AvgIpc) is 3.35. The number of hydrogen-bond donors (Lipinski definition) is 1. The van der Waals surface area contributed by atoms with Gasteiger partial charge in [-0.2, -0.15) is 0 Å². The van der Waals surface area contributed by atoms with E-state index in [1.807, 2.05) is 23.1 Å². The Hall–Kier alpha value is -2.67. The number of piperidine rings is 1. The number of para-hydroxylation sites is 1. The number of benzene rings is 1. The van der Waals surface area contributed by atoms with Gasteiger partial charge in [-0.05, 0) is 37.1 Å². The van der Waals surface area contributed by atoms with Crippen molar-refractivity contribution in [1.29, 1.82) is 0 Å². The van der Waals surface area contributed by atoms with Crippen LogP contribution in [-0.2, 0) is 4.79 Å². The molecule has 1 aliphatic rings. The largest absolute Gasteiger partial charge is 0.459 e. The van der Waals surface area contributed by atoms with Crippen LogP contribution in [0.3, 0.4) is 0 Å². The molecule has 4 rings (SSSR count). The van der Waals surface area contributed by atoms with E-state index in [0.717, 1.165) is 23.4 Å². The predicted octanol–water partition coefficient (Wildman–Crippen LogP) is 3.03. The lowest BCUT2D eigenvalue weighted by Crippen LogP contribution is -2.43. The lowest BCUT2D eigenvalue weighted by atomic mass is 9.97. The van der Waals surface area contributed by atoms with Crippen LogP contribution in [0.5, 0.6) is 0 Å². The molecular weight excluding hydrogens is 350 g/mol. The molecule has 0 spiro atoms. The number of carbonyl (C=O) groups is 2. The number of fused-ring (bicyclic) bond motifs is 1. The molecule has 2 amide bonds. The third kappa shape index (κ3) is 3.48. The summed E-state index contributed by atoms with van der Waals surface area (Å²) in [6.45, 7) is 1.37.